The number of carboxylic acids is 1. The summed E-state index contributed by atoms with van der Waals surface area (Å²) < 4.78 is 9.93. The maximum absolute atomic E-state index is 11.1. The lowest BCUT2D eigenvalue weighted by atomic mass is 10.3. The zero-order valence-corrected chi connectivity index (χ0v) is 8.99. The van der Waals surface area contributed by atoms with E-state index < -0.39 is 17.9 Å². The molecule has 1 atom stereocenters. The Kier molecular flexibility index (Phi) is 7.57. The molecule has 0 fully saturated rings. The molecule has 0 saturated heterocycles. The Labute approximate surface area is 88.6 Å². The molecule has 1 amide bonds. The molecular formula is C9H17NO5. The van der Waals surface area contributed by atoms with Crippen LogP contribution in [0.5, 0.6) is 0 Å². The lowest BCUT2D eigenvalue weighted by molar-refractivity contribution is -0.142. The van der Waals surface area contributed by atoms with E-state index in [9.17, 15) is 9.59 Å². The molecule has 88 valence electrons. The van der Waals surface area contributed by atoms with E-state index in [1.54, 1.807) is 0 Å². The first kappa shape index (κ1) is 13.9. The Balaban J connectivity index is 3.45. The highest BCUT2D eigenvalue weighted by atomic mass is 16.5. The van der Waals surface area contributed by atoms with Crippen molar-refractivity contribution in [1.82, 2.24) is 5.32 Å². The molecular weight excluding hydrogens is 202 g/mol. The van der Waals surface area contributed by atoms with Gasteiger partial charge < -0.3 is 19.9 Å². The van der Waals surface area contributed by atoms with Crippen LogP contribution in [-0.4, -0.2) is 49.5 Å². The van der Waals surface area contributed by atoms with Gasteiger partial charge in [-0.25, -0.2) is 0 Å². The molecule has 0 aromatic carbocycles. The Morgan fingerprint density at radius 3 is 2.47 bits per heavy atom. The van der Waals surface area contributed by atoms with Crippen molar-refractivity contribution in [1.29, 1.82) is 0 Å². The number of hydrogen-bond acceptors (Lipinski definition) is 4. The lowest BCUT2D eigenvalue weighted by Crippen LogP contribution is -2.40. The number of carbonyl (C=O) groups excluding carboxylic acids is 1. The minimum absolute atomic E-state index is 0.148. The maximum Gasteiger partial charge on any atom is 0.325 e. The van der Waals surface area contributed by atoms with Crippen molar-refractivity contribution in [3.63, 3.8) is 0 Å². The van der Waals surface area contributed by atoms with Crippen LogP contribution < -0.4 is 5.32 Å². The second-order valence-electron chi connectivity index (χ2n) is 2.88. The van der Waals surface area contributed by atoms with Crippen LogP contribution in [0.3, 0.4) is 0 Å². The van der Waals surface area contributed by atoms with E-state index in [0.717, 1.165) is 0 Å². The summed E-state index contributed by atoms with van der Waals surface area (Å²) in [6.45, 7) is 4.46. The first-order valence-corrected chi connectivity index (χ1v) is 4.75. The number of aliphatic carboxylic acids is 1. The fraction of sp³-hybridized carbons (Fsp3) is 0.778. The van der Waals surface area contributed by atoms with Crippen LogP contribution in [0.1, 0.15) is 13.8 Å². The van der Waals surface area contributed by atoms with Gasteiger partial charge in [-0.15, -0.1) is 0 Å². The van der Waals surface area contributed by atoms with Gasteiger partial charge in [0.1, 0.15) is 12.6 Å². The first-order chi connectivity index (χ1) is 7.07. The molecule has 0 radical (unpaired) electrons. The molecule has 6 heteroatoms. The average Bonchev–Trinajstić information content (AvgIpc) is 2.17. The summed E-state index contributed by atoms with van der Waals surface area (Å²) in [5.41, 5.74) is 0. The molecule has 15 heavy (non-hydrogen) atoms. The maximum atomic E-state index is 11.1. The van der Waals surface area contributed by atoms with Crippen LogP contribution in [0.2, 0.25) is 0 Å². The number of amides is 1. The molecule has 0 unspecified atom stereocenters. The van der Waals surface area contributed by atoms with E-state index in [2.05, 4.69) is 5.32 Å². The van der Waals surface area contributed by atoms with Gasteiger partial charge in [-0.05, 0) is 13.8 Å². The van der Waals surface area contributed by atoms with Crippen LogP contribution in [0, 0.1) is 0 Å². The monoisotopic (exact) mass is 219 g/mol. The molecule has 0 spiro atoms. The van der Waals surface area contributed by atoms with E-state index in [4.69, 9.17) is 14.6 Å². The molecule has 0 aliphatic heterocycles. The number of ether oxygens (including phenoxy) is 2. The van der Waals surface area contributed by atoms with E-state index in [0.29, 0.717) is 19.8 Å². The van der Waals surface area contributed by atoms with Crippen LogP contribution in [0.25, 0.3) is 0 Å². The molecule has 0 rings (SSSR count). The average molecular weight is 219 g/mol. The molecule has 2 N–H and O–H groups in total. The molecule has 0 aliphatic rings. The third-order valence-corrected chi connectivity index (χ3v) is 1.56. The quantitative estimate of drug-likeness (QED) is 0.544. The van der Waals surface area contributed by atoms with E-state index in [1.165, 1.54) is 6.92 Å². The summed E-state index contributed by atoms with van der Waals surface area (Å²) in [5.74, 6) is -1.51. The number of rotatable bonds is 8. The minimum atomic E-state index is -1.07. The highest BCUT2D eigenvalue weighted by Gasteiger charge is 2.13. The summed E-state index contributed by atoms with van der Waals surface area (Å²) in [4.78, 5) is 21.4. The Morgan fingerprint density at radius 2 is 1.93 bits per heavy atom. The zero-order chi connectivity index (χ0) is 11.7. The third kappa shape index (κ3) is 7.90. The predicted octanol–water partition coefficient (Wildman–Crippen LogP) is -0.371. The summed E-state index contributed by atoms with van der Waals surface area (Å²) in [6.07, 6.45) is 0. The van der Waals surface area contributed by atoms with Gasteiger partial charge in [0.05, 0.1) is 13.2 Å². The standard InChI is InChI=1S/C9H17NO5/c1-3-14-4-5-15-6-8(11)10-7(2)9(12)13/h7H,3-6H2,1-2H3,(H,10,11)(H,12,13)/t7-/m1/s1. The predicted molar refractivity (Wildman–Crippen MR) is 52.6 cm³/mol. The van der Waals surface area contributed by atoms with Gasteiger partial charge in [0.15, 0.2) is 0 Å². The largest absolute Gasteiger partial charge is 0.480 e. The van der Waals surface area contributed by atoms with Crippen molar-refractivity contribution in [2.24, 2.45) is 0 Å². The van der Waals surface area contributed by atoms with Crippen LogP contribution in [0.15, 0.2) is 0 Å². The first-order valence-electron chi connectivity index (χ1n) is 4.75. The van der Waals surface area contributed by atoms with Crippen molar-refractivity contribution in [2.75, 3.05) is 26.4 Å². The van der Waals surface area contributed by atoms with Crippen molar-refractivity contribution in [2.45, 2.75) is 19.9 Å². The Hall–Kier alpha value is -1.14. The minimum Gasteiger partial charge on any atom is -0.480 e. The van der Waals surface area contributed by atoms with E-state index in [1.807, 2.05) is 6.92 Å². The number of nitrogens with one attached hydrogen (secondary N) is 1. The van der Waals surface area contributed by atoms with Gasteiger partial charge in [-0.3, -0.25) is 9.59 Å². The zero-order valence-electron chi connectivity index (χ0n) is 8.99. The second kappa shape index (κ2) is 8.19. The van der Waals surface area contributed by atoms with Gasteiger partial charge >= 0.3 is 5.97 Å². The highest BCUT2D eigenvalue weighted by Crippen LogP contribution is 1.83. The summed E-state index contributed by atoms with van der Waals surface area (Å²) in [7, 11) is 0. The van der Waals surface area contributed by atoms with E-state index >= 15 is 0 Å². The summed E-state index contributed by atoms with van der Waals surface area (Å²) in [6, 6.07) is -0.895. The van der Waals surface area contributed by atoms with Crippen LogP contribution in [-0.2, 0) is 19.1 Å². The van der Waals surface area contributed by atoms with Gasteiger partial charge in [0, 0.05) is 6.61 Å². The molecule has 0 aromatic heterocycles. The van der Waals surface area contributed by atoms with Crippen molar-refractivity contribution in [3.05, 3.63) is 0 Å². The number of carboxylic acid groups (broad SMARTS) is 1. The summed E-state index contributed by atoms with van der Waals surface area (Å²) >= 11 is 0. The van der Waals surface area contributed by atoms with E-state index in [-0.39, 0.29) is 6.61 Å². The number of hydrogen-bond donors (Lipinski definition) is 2. The highest BCUT2D eigenvalue weighted by molar-refractivity contribution is 5.83. The van der Waals surface area contributed by atoms with Gasteiger partial charge in [-0.2, -0.15) is 0 Å². The van der Waals surface area contributed by atoms with Gasteiger partial charge in [-0.1, -0.05) is 0 Å². The molecule has 0 aliphatic carbocycles. The lowest BCUT2D eigenvalue weighted by Gasteiger charge is -2.09. The Morgan fingerprint density at radius 1 is 1.33 bits per heavy atom. The molecule has 6 nitrogen and oxygen atoms in total. The molecule has 0 aromatic rings. The second-order valence-corrected chi connectivity index (χ2v) is 2.88. The van der Waals surface area contributed by atoms with Crippen molar-refractivity contribution < 1.29 is 24.2 Å². The molecule has 0 heterocycles. The Bertz CT molecular complexity index is 207. The van der Waals surface area contributed by atoms with Gasteiger partial charge in [0.25, 0.3) is 0 Å². The fourth-order valence-electron chi connectivity index (χ4n) is 0.772. The van der Waals surface area contributed by atoms with Gasteiger partial charge in [0.2, 0.25) is 5.91 Å². The van der Waals surface area contributed by atoms with Crippen LogP contribution >= 0.6 is 0 Å². The third-order valence-electron chi connectivity index (χ3n) is 1.56. The number of carbonyl (C=O) groups is 2. The van der Waals surface area contributed by atoms with Crippen molar-refractivity contribution >= 4 is 11.9 Å². The topological polar surface area (TPSA) is 84.9 Å². The SMILES string of the molecule is CCOCCOCC(=O)N[C@H](C)C(=O)O. The van der Waals surface area contributed by atoms with Crippen molar-refractivity contribution in [3.8, 4) is 0 Å². The van der Waals surface area contributed by atoms with Crippen LogP contribution in [0.4, 0.5) is 0 Å². The fourth-order valence-corrected chi connectivity index (χ4v) is 0.772. The summed E-state index contributed by atoms with van der Waals surface area (Å²) in [5, 5.41) is 10.8. The normalized spacial score (nSPS) is 12.1. The smallest absolute Gasteiger partial charge is 0.325 e. The molecule has 0 bridgehead atoms. The molecule has 0 saturated carbocycles.